The molecule has 0 fully saturated rings. The summed E-state index contributed by atoms with van der Waals surface area (Å²) in [5, 5.41) is 0. The zero-order valence-corrected chi connectivity index (χ0v) is 7.93. The topological polar surface area (TPSA) is 17.1 Å². The highest BCUT2D eigenvalue weighted by Crippen LogP contribution is 2.14. The molecule has 1 aromatic carbocycles. The molecule has 0 spiro atoms. The molecule has 0 heterocycles. The molecule has 0 aliphatic carbocycles. The van der Waals surface area contributed by atoms with E-state index in [1.807, 2.05) is 12.1 Å². The van der Waals surface area contributed by atoms with Crippen LogP contribution >= 0.6 is 11.8 Å². The number of carbonyl (C=O) groups excluding carboxylic acids is 1. The van der Waals surface area contributed by atoms with Crippen LogP contribution in [0.25, 0.3) is 0 Å². The molecule has 0 bridgehead atoms. The molecule has 64 valence electrons. The third kappa shape index (κ3) is 2.70. The maximum Gasteiger partial charge on any atom is 0.129 e. The fourth-order valence-electron chi connectivity index (χ4n) is 0.989. The van der Waals surface area contributed by atoms with Gasteiger partial charge < -0.3 is 4.79 Å². The second-order valence-corrected chi connectivity index (χ2v) is 3.64. The minimum absolute atomic E-state index is 0.592. The second kappa shape index (κ2) is 4.99. The third-order valence-corrected chi connectivity index (χ3v) is 2.59. The number of aryl methyl sites for hydroxylation is 1. The zero-order chi connectivity index (χ0) is 8.81. The SMILES string of the molecule is Cc1ccccc1CSCC=O. The Bertz CT molecular complexity index is 258. The molecule has 1 nitrogen and oxygen atoms in total. The van der Waals surface area contributed by atoms with Gasteiger partial charge in [-0.25, -0.2) is 0 Å². The Balaban J connectivity index is 2.51. The van der Waals surface area contributed by atoms with Crippen molar-refractivity contribution >= 4 is 18.0 Å². The molecule has 1 rings (SSSR count). The zero-order valence-electron chi connectivity index (χ0n) is 7.12. The summed E-state index contributed by atoms with van der Waals surface area (Å²) in [4.78, 5) is 10.1. The lowest BCUT2D eigenvalue weighted by molar-refractivity contribution is -0.105. The third-order valence-electron chi connectivity index (χ3n) is 1.70. The lowest BCUT2D eigenvalue weighted by Gasteiger charge is -2.02. The van der Waals surface area contributed by atoms with E-state index in [0.29, 0.717) is 5.75 Å². The van der Waals surface area contributed by atoms with Crippen molar-refractivity contribution in [2.75, 3.05) is 5.75 Å². The molecule has 0 unspecified atom stereocenters. The molecular weight excluding hydrogens is 168 g/mol. The van der Waals surface area contributed by atoms with E-state index in [0.717, 1.165) is 12.0 Å². The van der Waals surface area contributed by atoms with Crippen LogP contribution in [-0.2, 0) is 10.5 Å². The smallest absolute Gasteiger partial charge is 0.129 e. The van der Waals surface area contributed by atoms with Crippen molar-refractivity contribution in [1.29, 1.82) is 0 Å². The van der Waals surface area contributed by atoms with Gasteiger partial charge in [-0.2, -0.15) is 0 Å². The van der Waals surface area contributed by atoms with E-state index in [-0.39, 0.29) is 0 Å². The van der Waals surface area contributed by atoms with Crippen LogP contribution < -0.4 is 0 Å². The first-order valence-corrected chi connectivity index (χ1v) is 5.06. The largest absolute Gasteiger partial charge is 0.302 e. The fourth-order valence-corrected chi connectivity index (χ4v) is 1.75. The second-order valence-electron chi connectivity index (χ2n) is 2.61. The first-order valence-electron chi connectivity index (χ1n) is 3.90. The van der Waals surface area contributed by atoms with Gasteiger partial charge in [0, 0.05) is 11.5 Å². The maximum absolute atomic E-state index is 10.1. The summed E-state index contributed by atoms with van der Waals surface area (Å²) in [5.41, 5.74) is 2.63. The molecule has 1 aromatic rings. The molecule has 0 aliphatic heterocycles. The van der Waals surface area contributed by atoms with Gasteiger partial charge in [0.05, 0.1) is 0 Å². The average Bonchev–Trinajstić information content (AvgIpc) is 2.09. The van der Waals surface area contributed by atoms with Crippen LogP contribution in [0.15, 0.2) is 24.3 Å². The quantitative estimate of drug-likeness (QED) is 0.523. The van der Waals surface area contributed by atoms with Crippen molar-refractivity contribution in [2.24, 2.45) is 0 Å². The highest BCUT2D eigenvalue weighted by atomic mass is 32.2. The molecule has 12 heavy (non-hydrogen) atoms. The van der Waals surface area contributed by atoms with Crippen LogP contribution in [0.5, 0.6) is 0 Å². The highest BCUT2D eigenvalue weighted by Gasteiger charge is 1.95. The van der Waals surface area contributed by atoms with Crippen LogP contribution in [0.4, 0.5) is 0 Å². The minimum Gasteiger partial charge on any atom is -0.302 e. The van der Waals surface area contributed by atoms with E-state index in [1.54, 1.807) is 11.8 Å². The molecule has 0 aliphatic rings. The van der Waals surface area contributed by atoms with Gasteiger partial charge in [-0.3, -0.25) is 0 Å². The first-order chi connectivity index (χ1) is 5.84. The standard InChI is InChI=1S/C10H12OS/c1-9-4-2-3-5-10(9)8-12-7-6-11/h2-6H,7-8H2,1H3. The van der Waals surface area contributed by atoms with Crippen LogP contribution in [0.3, 0.4) is 0 Å². The fraction of sp³-hybridized carbons (Fsp3) is 0.300. The van der Waals surface area contributed by atoms with Crippen molar-refractivity contribution in [2.45, 2.75) is 12.7 Å². The summed E-state index contributed by atoms with van der Waals surface area (Å²) in [6, 6.07) is 8.26. The predicted molar refractivity (Wildman–Crippen MR) is 53.4 cm³/mol. The molecule has 0 saturated carbocycles. The molecule has 0 radical (unpaired) electrons. The molecule has 0 saturated heterocycles. The van der Waals surface area contributed by atoms with Crippen molar-refractivity contribution in [3.05, 3.63) is 35.4 Å². The van der Waals surface area contributed by atoms with Crippen LogP contribution in [0, 0.1) is 6.92 Å². The van der Waals surface area contributed by atoms with E-state index in [4.69, 9.17) is 0 Å². The van der Waals surface area contributed by atoms with Gasteiger partial charge in [-0.1, -0.05) is 24.3 Å². The van der Waals surface area contributed by atoms with Crippen LogP contribution in [-0.4, -0.2) is 12.0 Å². The van der Waals surface area contributed by atoms with Gasteiger partial charge in [-0.05, 0) is 18.1 Å². The molecule has 0 atom stereocenters. The van der Waals surface area contributed by atoms with E-state index in [1.165, 1.54) is 11.1 Å². The summed E-state index contributed by atoms with van der Waals surface area (Å²) in [6.45, 7) is 2.09. The number of carbonyl (C=O) groups is 1. The van der Waals surface area contributed by atoms with Crippen LogP contribution in [0.2, 0.25) is 0 Å². The minimum atomic E-state index is 0.592. The van der Waals surface area contributed by atoms with E-state index in [9.17, 15) is 4.79 Å². The van der Waals surface area contributed by atoms with Gasteiger partial charge in [0.15, 0.2) is 0 Å². The summed E-state index contributed by atoms with van der Waals surface area (Å²) in [7, 11) is 0. The summed E-state index contributed by atoms with van der Waals surface area (Å²) in [5.74, 6) is 1.53. The average molecular weight is 180 g/mol. The monoisotopic (exact) mass is 180 g/mol. The molecule has 0 aromatic heterocycles. The van der Waals surface area contributed by atoms with Gasteiger partial charge in [0.2, 0.25) is 0 Å². The van der Waals surface area contributed by atoms with Gasteiger partial charge >= 0.3 is 0 Å². The van der Waals surface area contributed by atoms with Crippen molar-refractivity contribution in [3.63, 3.8) is 0 Å². The summed E-state index contributed by atoms with van der Waals surface area (Å²) in [6.07, 6.45) is 0.947. The Kier molecular flexibility index (Phi) is 3.88. The Hall–Kier alpha value is -0.760. The number of hydrogen-bond donors (Lipinski definition) is 0. The molecule has 0 N–H and O–H groups in total. The van der Waals surface area contributed by atoms with E-state index >= 15 is 0 Å². The Morgan fingerprint density at radius 3 is 2.83 bits per heavy atom. The molecular formula is C10H12OS. The number of aldehydes is 1. The first kappa shape index (κ1) is 9.33. The van der Waals surface area contributed by atoms with E-state index in [2.05, 4.69) is 19.1 Å². The lowest BCUT2D eigenvalue weighted by atomic mass is 10.1. The number of benzene rings is 1. The Morgan fingerprint density at radius 2 is 2.17 bits per heavy atom. The number of rotatable bonds is 4. The van der Waals surface area contributed by atoms with Crippen LogP contribution in [0.1, 0.15) is 11.1 Å². The summed E-state index contributed by atoms with van der Waals surface area (Å²) < 4.78 is 0. The van der Waals surface area contributed by atoms with Crippen molar-refractivity contribution < 1.29 is 4.79 Å². The Morgan fingerprint density at radius 1 is 1.42 bits per heavy atom. The normalized spacial score (nSPS) is 9.75. The van der Waals surface area contributed by atoms with Crippen molar-refractivity contribution in [3.8, 4) is 0 Å². The molecule has 0 amide bonds. The van der Waals surface area contributed by atoms with E-state index < -0.39 is 0 Å². The lowest BCUT2D eigenvalue weighted by Crippen LogP contribution is -1.87. The maximum atomic E-state index is 10.1. The van der Waals surface area contributed by atoms with Crippen molar-refractivity contribution in [1.82, 2.24) is 0 Å². The molecule has 2 heteroatoms. The van der Waals surface area contributed by atoms with Gasteiger partial charge in [-0.15, -0.1) is 11.8 Å². The Labute approximate surface area is 77.2 Å². The predicted octanol–water partition coefficient (Wildman–Crippen LogP) is 2.43. The van der Waals surface area contributed by atoms with Gasteiger partial charge in [0.25, 0.3) is 0 Å². The summed E-state index contributed by atoms with van der Waals surface area (Å²) >= 11 is 1.65. The van der Waals surface area contributed by atoms with Gasteiger partial charge in [0.1, 0.15) is 6.29 Å². The number of hydrogen-bond acceptors (Lipinski definition) is 2. The number of thioether (sulfide) groups is 1. The highest BCUT2D eigenvalue weighted by molar-refractivity contribution is 7.99.